The van der Waals surface area contributed by atoms with E-state index in [-0.39, 0.29) is 24.6 Å². The first-order valence-corrected chi connectivity index (χ1v) is 7.61. The molecule has 2 rings (SSSR count). The molecule has 1 saturated carbocycles. The van der Waals surface area contributed by atoms with Gasteiger partial charge in [-0.3, -0.25) is 9.69 Å². The van der Waals surface area contributed by atoms with Gasteiger partial charge in [-0.15, -0.1) is 0 Å². The van der Waals surface area contributed by atoms with Crippen LogP contribution in [0, 0.1) is 0 Å². The lowest BCUT2D eigenvalue weighted by molar-refractivity contribution is -0.143. The molecule has 1 aliphatic carbocycles. The smallest absolute Gasteiger partial charge is 0.411 e. The molecule has 0 spiro atoms. The van der Waals surface area contributed by atoms with Crippen molar-refractivity contribution in [1.29, 1.82) is 0 Å². The Morgan fingerprint density at radius 3 is 2.45 bits per heavy atom. The van der Waals surface area contributed by atoms with E-state index in [1.54, 1.807) is 4.90 Å². The summed E-state index contributed by atoms with van der Waals surface area (Å²) >= 11 is 0. The standard InChI is InChI=1S/C15H26N2O3/c1-5-11-9-16(12-7-6-8-12)13(18)10-17(11)14(19)20-15(2,3)4/h11-12H,5-10H2,1-4H3/t11-/m1/s1. The molecule has 1 atom stereocenters. The molecule has 1 saturated heterocycles. The van der Waals surface area contributed by atoms with Gasteiger partial charge in [0.1, 0.15) is 12.1 Å². The lowest BCUT2D eigenvalue weighted by Gasteiger charge is -2.46. The highest BCUT2D eigenvalue weighted by molar-refractivity contribution is 5.84. The molecule has 2 amide bonds. The molecule has 0 bridgehead atoms. The van der Waals surface area contributed by atoms with E-state index in [9.17, 15) is 9.59 Å². The second-order valence-electron chi connectivity index (χ2n) is 6.80. The minimum Gasteiger partial charge on any atom is -0.444 e. The average molecular weight is 282 g/mol. The summed E-state index contributed by atoms with van der Waals surface area (Å²) in [6.07, 6.45) is 3.89. The quantitative estimate of drug-likeness (QED) is 0.781. The SMILES string of the molecule is CC[C@@H]1CN(C2CCC2)C(=O)CN1C(=O)OC(C)(C)C. The maximum atomic E-state index is 12.2. The Labute approximate surface area is 121 Å². The predicted molar refractivity (Wildman–Crippen MR) is 76.4 cm³/mol. The van der Waals surface area contributed by atoms with Crippen molar-refractivity contribution in [3.63, 3.8) is 0 Å². The van der Waals surface area contributed by atoms with Gasteiger partial charge in [-0.05, 0) is 46.5 Å². The monoisotopic (exact) mass is 282 g/mol. The molecule has 20 heavy (non-hydrogen) atoms. The minimum atomic E-state index is -0.524. The normalized spacial score (nSPS) is 24.6. The average Bonchev–Trinajstić information content (AvgIpc) is 2.26. The predicted octanol–water partition coefficient (Wildman–Crippen LogP) is 2.40. The van der Waals surface area contributed by atoms with Gasteiger partial charge in [-0.2, -0.15) is 0 Å². The number of hydrogen-bond acceptors (Lipinski definition) is 3. The Hall–Kier alpha value is -1.26. The molecule has 2 fully saturated rings. The number of amides is 2. The number of carbonyl (C=O) groups is 2. The first-order chi connectivity index (χ1) is 9.31. The molecule has 1 aliphatic heterocycles. The summed E-state index contributed by atoms with van der Waals surface area (Å²) in [7, 11) is 0. The summed E-state index contributed by atoms with van der Waals surface area (Å²) in [5.74, 6) is 0.0604. The molecule has 0 aromatic carbocycles. The third kappa shape index (κ3) is 3.25. The number of ether oxygens (including phenoxy) is 1. The van der Waals surface area contributed by atoms with Crippen LogP contribution in [0.3, 0.4) is 0 Å². The van der Waals surface area contributed by atoms with Gasteiger partial charge in [-0.25, -0.2) is 4.79 Å². The summed E-state index contributed by atoms with van der Waals surface area (Å²) in [6.45, 7) is 8.40. The van der Waals surface area contributed by atoms with Crippen LogP contribution in [0.15, 0.2) is 0 Å². The summed E-state index contributed by atoms with van der Waals surface area (Å²) in [4.78, 5) is 28.0. The van der Waals surface area contributed by atoms with Crippen LogP contribution in [0.2, 0.25) is 0 Å². The van der Waals surface area contributed by atoms with Gasteiger partial charge in [0.2, 0.25) is 5.91 Å². The number of hydrogen-bond donors (Lipinski definition) is 0. The van der Waals surface area contributed by atoms with Crippen molar-refractivity contribution >= 4 is 12.0 Å². The third-order valence-corrected chi connectivity index (χ3v) is 4.09. The maximum Gasteiger partial charge on any atom is 0.411 e. The van der Waals surface area contributed by atoms with Gasteiger partial charge < -0.3 is 9.64 Å². The summed E-state index contributed by atoms with van der Waals surface area (Å²) in [6, 6.07) is 0.473. The molecule has 0 radical (unpaired) electrons. The zero-order valence-electron chi connectivity index (χ0n) is 13.0. The van der Waals surface area contributed by atoms with Gasteiger partial charge in [0.25, 0.3) is 0 Å². The minimum absolute atomic E-state index is 0.0604. The van der Waals surface area contributed by atoms with Crippen LogP contribution in [-0.2, 0) is 9.53 Å². The lowest BCUT2D eigenvalue weighted by atomic mass is 9.90. The van der Waals surface area contributed by atoms with Crippen LogP contribution in [0.5, 0.6) is 0 Å². The van der Waals surface area contributed by atoms with Crippen molar-refractivity contribution in [3.8, 4) is 0 Å². The van der Waals surface area contributed by atoms with E-state index >= 15 is 0 Å². The first-order valence-electron chi connectivity index (χ1n) is 7.61. The van der Waals surface area contributed by atoms with Crippen molar-refractivity contribution in [2.24, 2.45) is 0 Å². The third-order valence-electron chi connectivity index (χ3n) is 4.09. The summed E-state index contributed by atoms with van der Waals surface area (Å²) in [5, 5.41) is 0. The van der Waals surface area contributed by atoms with Gasteiger partial charge in [-0.1, -0.05) is 6.92 Å². The van der Waals surface area contributed by atoms with Crippen molar-refractivity contribution < 1.29 is 14.3 Å². The summed E-state index contributed by atoms with van der Waals surface area (Å²) in [5.41, 5.74) is -0.524. The van der Waals surface area contributed by atoms with Crippen LogP contribution >= 0.6 is 0 Å². The highest BCUT2D eigenvalue weighted by Crippen LogP contribution is 2.28. The van der Waals surface area contributed by atoms with E-state index in [1.165, 1.54) is 6.42 Å². The largest absolute Gasteiger partial charge is 0.444 e. The molecule has 2 aliphatic rings. The first kappa shape index (κ1) is 15.1. The van der Waals surface area contributed by atoms with E-state index in [2.05, 4.69) is 6.92 Å². The Bertz CT molecular complexity index is 385. The van der Waals surface area contributed by atoms with Crippen molar-refractivity contribution in [2.75, 3.05) is 13.1 Å². The number of carbonyl (C=O) groups excluding carboxylic acids is 2. The fourth-order valence-electron chi connectivity index (χ4n) is 2.73. The molecular weight excluding hydrogens is 256 g/mol. The summed E-state index contributed by atoms with van der Waals surface area (Å²) < 4.78 is 5.41. The Kier molecular flexibility index (Phi) is 4.25. The Morgan fingerprint density at radius 1 is 1.35 bits per heavy atom. The van der Waals surface area contributed by atoms with Crippen LogP contribution in [0.4, 0.5) is 4.79 Å². The Balaban J connectivity index is 2.03. The van der Waals surface area contributed by atoms with Gasteiger partial charge in [0.05, 0.1) is 6.04 Å². The van der Waals surface area contributed by atoms with E-state index in [4.69, 9.17) is 4.74 Å². The molecule has 5 heteroatoms. The molecule has 0 unspecified atom stereocenters. The Morgan fingerprint density at radius 2 is 2.00 bits per heavy atom. The number of rotatable bonds is 2. The lowest BCUT2D eigenvalue weighted by Crippen LogP contribution is -2.61. The van der Waals surface area contributed by atoms with Crippen LogP contribution < -0.4 is 0 Å². The van der Waals surface area contributed by atoms with E-state index in [0.29, 0.717) is 12.6 Å². The topological polar surface area (TPSA) is 49.9 Å². The fourth-order valence-corrected chi connectivity index (χ4v) is 2.73. The molecule has 0 N–H and O–H groups in total. The number of nitrogens with zero attached hydrogens (tertiary/aromatic N) is 2. The molecule has 114 valence electrons. The van der Waals surface area contributed by atoms with Crippen LogP contribution in [0.25, 0.3) is 0 Å². The zero-order chi connectivity index (χ0) is 14.9. The fraction of sp³-hybridized carbons (Fsp3) is 0.867. The molecule has 0 aromatic rings. The van der Waals surface area contributed by atoms with E-state index in [0.717, 1.165) is 19.3 Å². The molecule has 0 aromatic heterocycles. The van der Waals surface area contributed by atoms with Crippen molar-refractivity contribution in [3.05, 3.63) is 0 Å². The molecule has 5 nitrogen and oxygen atoms in total. The highest BCUT2D eigenvalue weighted by Gasteiger charge is 2.40. The number of piperazine rings is 1. The van der Waals surface area contributed by atoms with Crippen molar-refractivity contribution in [1.82, 2.24) is 9.80 Å². The van der Waals surface area contributed by atoms with Gasteiger partial charge in [0, 0.05) is 12.6 Å². The molecule has 1 heterocycles. The van der Waals surface area contributed by atoms with Crippen molar-refractivity contribution in [2.45, 2.75) is 71.1 Å². The van der Waals surface area contributed by atoms with Gasteiger partial charge >= 0.3 is 6.09 Å². The highest BCUT2D eigenvalue weighted by atomic mass is 16.6. The van der Waals surface area contributed by atoms with Gasteiger partial charge in [0.15, 0.2) is 0 Å². The van der Waals surface area contributed by atoms with E-state index < -0.39 is 5.60 Å². The maximum absolute atomic E-state index is 12.2. The molecular formula is C15H26N2O3. The second-order valence-corrected chi connectivity index (χ2v) is 6.80. The zero-order valence-corrected chi connectivity index (χ0v) is 13.0. The second kappa shape index (κ2) is 5.62. The van der Waals surface area contributed by atoms with Crippen LogP contribution in [0.1, 0.15) is 53.4 Å². The van der Waals surface area contributed by atoms with Crippen LogP contribution in [-0.4, -0.2) is 52.6 Å². The van der Waals surface area contributed by atoms with E-state index in [1.807, 2.05) is 25.7 Å².